The van der Waals surface area contributed by atoms with Gasteiger partial charge in [0.2, 0.25) is 5.89 Å². The van der Waals surface area contributed by atoms with Crippen molar-refractivity contribution in [2.75, 3.05) is 7.05 Å². The van der Waals surface area contributed by atoms with Crippen LogP contribution in [0.4, 0.5) is 0 Å². The summed E-state index contributed by atoms with van der Waals surface area (Å²) in [5.41, 5.74) is 0. The average Bonchev–Trinajstić information content (AvgIpc) is 2.96. The van der Waals surface area contributed by atoms with E-state index in [2.05, 4.69) is 37.9 Å². The summed E-state index contributed by atoms with van der Waals surface area (Å²) in [6.45, 7) is 2.28. The monoisotopic (exact) mass is 363 g/mol. The minimum Gasteiger partial charge on any atom is -0.353 e. The number of nitrogens with one attached hydrogen (secondary N) is 2. The van der Waals surface area contributed by atoms with Crippen molar-refractivity contribution in [1.29, 1.82) is 0 Å². The molecule has 0 atom stereocenters. The minimum atomic E-state index is 0. The Bertz CT molecular complexity index is 421. The van der Waals surface area contributed by atoms with Gasteiger partial charge in [-0.1, -0.05) is 17.3 Å². The van der Waals surface area contributed by atoms with Gasteiger partial charge in [0.15, 0.2) is 11.8 Å². The van der Waals surface area contributed by atoms with Crippen LogP contribution in [0.5, 0.6) is 0 Å². The molecule has 1 aromatic rings. The third-order valence-electron chi connectivity index (χ3n) is 2.55. The van der Waals surface area contributed by atoms with Crippen molar-refractivity contribution in [1.82, 2.24) is 20.8 Å². The van der Waals surface area contributed by atoms with E-state index in [1.54, 1.807) is 14.0 Å². The van der Waals surface area contributed by atoms with Gasteiger partial charge in [-0.15, -0.1) is 24.0 Å². The van der Waals surface area contributed by atoms with Crippen molar-refractivity contribution < 1.29 is 4.52 Å². The Morgan fingerprint density at radius 3 is 2.78 bits per heavy atom. The quantitative estimate of drug-likeness (QED) is 0.367. The van der Waals surface area contributed by atoms with Gasteiger partial charge < -0.3 is 15.2 Å². The maximum Gasteiger partial charge on any atom is 0.246 e. The molecule has 0 saturated carbocycles. The molecule has 0 bridgehead atoms. The normalized spacial score (nSPS) is 15.6. The summed E-state index contributed by atoms with van der Waals surface area (Å²) >= 11 is 0. The Morgan fingerprint density at radius 1 is 1.50 bits per heavy atom. The van der Waals surface area contributed by atoms with Crippen molar-refractivity contribution in [3.8, 4) is 0 Å². The largest absolute Gasteiger partial charge is 0.353 e. The first-order valence-electron chi connectivity index (χ1n) is 5.69. The maximum atomic E-state index is 5.01. The molecule has 0 saturated heterocycles. The molecule has 1 aromatic heterocycles. The van der Waals surface area contributed by atoms with Crippen molar-refractivity contribution in [3.63, 3.8) is 0 Å². The lowest BCUT2D eigenvalue weighted by Crippen LogP contribution is -2.42. The molecule has 2 rings (SSSR count). The Morgan fingerprint density at radius 2 is 2.22 bits per heavy atom. The third-order valence-corrected chi connectivity index (χ3v) is 2.55. The van der Waals surface area contributed by atoms with Crippen LogP contribution in [-0.2, 0) is 6.54 Å². The van der Waals surface area contributed by atoms with Crippen LogP contribution in [0.1, 0.15) is 24.6 Å². The smallest absolute Gasteiger partial charge is 0.246 e. The summed E-state index contributed by atoms with van der Waals surface area (Å²) in [7, 11) is 1.75. The van der Waals surface area contributed by atoms with Crippen LogP contribution in [0.2, 0.25) is 0 Å². The Labute approximate surface area is 123 Å². The summed E-state index contributed by atoms with van der Waals surface area (Å²) < 4.78 is 5.01. The predicted octanol–water partition coefficient (Wildman–Crippen LogP) is 1.38. The second-order valence-corrected chi connectivity index (χ2v) is 3.95. The number of aliphatic imine (C=N–C) groups is 1. The van der Waals surface area contributed by atoms with Gasteiger partial charge in [-0.05, 0) is 19.8 Å². The highest BCUT2D eigenvalue weighted by atomic mass is 127. The molecule has 0 amide bonds. The molecule has 1 aliphatic carbocycles. The molecule has 2 N–H and O–H groups in total. The third kappa shape index (κ3) is 4.28. The highest BCUT2D eigenvalue weighted by Gasteiger charge is 2.12. The number of nitrogens with zero attached hydrogens (tertiary/aromatic N) is 3. The number of hydrogen-bond acceptors (Lipinski definition) is 4. The summed E-state index contributed by atoms with van der Waals surface area (Å²) in [5.74, 6) is 1.97. The molecular formula is C11H18IN5O. The first-order valence-corrected chi connectivity index (χ1v) is 5.69. The zero-order valence-corrected chi connectivity index (χ0v) is 12.8. The van der Waals surface area contributed by atoms with Crippen LogP contribution in [0.3, 0.4) is 0 Å². The van der Waals surface area contributed by atoms with E-state index in [0.717, 1.165) is 18.8 Å². The first kappa shape index (κ1) is 14.9. The Kier molecular flexibility index (Phi) is 6.10. The lowest BCUT2D eigenvalue weighted by Gasteiger charge is -2.15. The van der Waals surface area contributed by atoms with Crippen molar-refractivity contribution in [2.24, 2.45) is 4.99 Å². The topological polar surface area (TPSA) is 75.3 Å². The van der Waals surface area contributed by atoms with Gasteiger partial charge in [0.05, 0.1) is 6.54 Å². The first-order chi connectivity index (χ1) is 8.28. The van der Waals surface area contributed by atoms with Gasteiger partial charge in [0, 0.05) is 13.1 Å². The second-order valence-electron chi connectivity index (χ2n) is 3.95. The Balaban J connectivity index is 0.00000162. The molecule has 0 fully saturated rings. The molecule has 0 aliphatic heterocycles. The number of rotatable bonds is 3. The van der Waals surface area contributed by atoms with Gasteiger partial charge >= 0.3 is 0 Å². The molecule has 6 nitrogen and oxygen atoms in total. The number of guanidine groups is 1. The molecule has 0 spiro atoms. The van der Waals surface area contributed by atoms with Crippen LogP contribution in [0.25, 0.3) is 0 Å². The van der Waals surface area contributed by atoms with Crippen LogP contribution in [-0.4, -0.2) is 29.2 Å². The standard InChI is InChI=1S/C11H17N5O.HI/c1-8-14-10(17-16-8)7-13-11(12-2)15-9-5-3-4-6-9;/h3-4,9H,5-7H2,1-2H3,(H2,12,13,15);1H. The van der Waals surface area contributed by atoms with E-state index in [4.69, 9.17) is 4.52 Å². The molecule has 0 radical (unpaired) electrons. The van der Waals surface area contributed by atoms with Crippen molar-refractivity contribution >= 4 is 29.9 Å². The van der Waals surface area contributed by atoms with E-state index in [1.807, 2.05) is 0 Å². The van der Waals surface area contributed by atoms with E-state index in [-0.39, 0.29) is 24.0 Å². The predicted molar refractivity (Wildman–Crippen MR) is 79.9 cm³/mol. The second kappa shape index (κ2) is 7.34. The highest BCUT2D eigenvalue weighted by Crippen LogP contribution is 2.08. The fourth-order valence-corrected chi connectivity index (χ4v) is 1.69. The lowest BCUT2D eigenvalue weighted by atomic mass is 10.2. The van der Waals surface area contributed by atoms with E-state index >= 15 is 0 Å². The van der Waals surface area contributed by atoms with Crippen molar-refractivity contribution in [3.05, 3.63) is 23.9 Å². The van der Waals surface area contributed by atoms with Crippen LogP contribution >= 0.6 is 24.0 Å². The van der Waals surface area contributed by atoms with Gasteiger partial charge in [0.1, 0.15) is 0 Å². The molecule has 100 valence electrons. The fourth-order valence-electron chi connectivity index (χ4n) is 1.69. The van der Waals surface area contributed by atoms with Crippen LogP contribution < -0.4 is 10.6 Å². The molecule has 18 heavy (non-hydrogen) atoms. The van der Waals surface area contributed by atoms with Gasteiger partial charge in [-0.2, -0.15) is 4.98 Å². The number of hydrogen-bond donors (Lipinski definition) is 2. The molecule has 1 heterocycles. The van der Waals surface area contributed by atoms with Crippen LogP contribution in [0.15, 0.2) is 21.7 Å². The zero-order chi connectivity index (χ0) is 12.1. The minimum absolute atomic E-state index is 0. The SMILES string of the molecule is CN=C(NCc1nc(C)no1)NC1CC=CC1.I. The van der Waals surface area contributed by atoms with E-state index < -0.39 is 0 Å². The fraction of sp³-hybridized carbons (Fsp3) is 0.545. The number of halogens is 1. The van der Waals surface area contributed by atoms with Gasteiger partial charge in [-0.25, -0.2) is 0 Å². The summed E-state index contributed by atoms with van der Waals surface area (Å²) in [6.07, 6.45) is 6.43. The molecule has 7 heteroatoms. The van der Waals surface area contributed by atoms with Crippen molar-refractivity contribution in [2.45, 2.75) is 32.4 Å². The molecule has 1 aliphatic rings. The van der Waals surface area contributed by atoms with Gasteiger partial charge in [-0.3, -0.25) is 4.99 Å². The van der Waals surface area contributed by atoms with E-state index in [0.29, 0.717) is 24.3 Å². The van der Waals surface area contributed by atoms with E-state index in [1.165, 1.54) is 0 Å². The lowest BCUT2D eigenvalue weighted by molar-refractivity contribution is 0.371. The maximum absolute atomic E-state index is 5.01. The molecule has 0 aromatic carbocycles. The summed E-state index contributed by atoms with van der Waals surface area (Å²) in [4.78, 5) is 8.26. The Hall–Kier alpha value is -1.12. The molecule has 0 unspecified atom stereocenters. The zero-order valence-electron chi connectivity index (χ0n) is 10.5. The van der Waals surface area contributed by atoms with Crippen LogP contribution in [0, 0.1) is 6.92 Å². The summed E-state index contributed by atoms with van der Waals surface area (Å²) in [5, 5.41) is 10.2. The van der Waals surface area contributed by atoms with E-state index in [9.17, 15) is 0 Å². The van der Waals surface area contributed by atoms with Gasteiger partial charge in [0.25, 0.3) is 0 Å². The molecular weight excluding hydrogens is 345 g/mol. The number of aromatic nitrogens is 2. The number of aryl methyl sites for hydroxylation is 1. The summed E-state index contributed by atoms with van der Waals surface area (Å²) in [6, 6.07) is 0.436. The highest BCUT2D eigenvalue weighted by molar-refractivity contribution is 14.0. The average molecular weight is 363 g/mol.